The van der Waals surface area contributed by atoms with Crippen LogP contribution in [0.2, 0.25) is 0 Å². The van der Waals surface area contributed by atoms with Crippen LogP contribution in [0.25, 0.3) is 0 Å². The topological polar surface area (TPSA) is 38.3 Å². The number of rotatable bonds is 7. The lowest BCUT2D eigenvalue weighted by molar-refractivity contribution is -0.122. The third kappa shape index (κ3) is 6.27. The summed E-state index contributed by atoms with van der Waals surface area (Å²) in [5.41, 5.74) is 1.26. The minimum absolute atomic E-state index is 0.0514. The summed E-state index contributed by atoms with van der Waals surface area (Å²) < 4.78 is 6.57. The molecule has 2 aromatic rings. The monoisotopic (exact) mass is 427 g/mol. The molecule has 0 aromatic heterocycles. The van der Waals surface area contributed by atoms with E-state index in [4.69, 9.17) is 4.74 Å². The van der Waals surface area contributed by atoms with Crippen LogP contribution >= 0.6 is 34.4 Å². The van der Waals surface area contributed by atoms with Crippen LogP contribution in [0, 0.1) is 10.5 Å². The van der Waals surface area contributed by atoms with Gasteiger partial charge in [-0.25, -0.2) is 0 Å². The quantitative estimate of drug-likeness (QED) is 0.414. The minimum atomic E-state index is -0.0944. The van der Waals surface area contributed by atoms with E-state index in [9.17, 15) is 4.79 Å². The van der Waals surface area contributed by atoms with E-state index < -0.39 is 0 Å². The molecule has 2 aromatic carbocycles. The van der Waals surface area contributed by atoms with Gasteiger partial charge in [-0.1, -0.05) is 17.7 Å². The van der Waals surface area contributed by atoms with Crippen LogP contribution in [-0.2, 0) is 4.79 Å². The van der Waals surface area contributed by atoms with Crippen LogP contribution in [0.4, 0.5) is 0 Å². The fourth-order valence-electron chi connectivity index (χ4n) is 1.72. The molecule has 1 N–H and O–H groups in total. The molecule has 0 bridgehead atoms. The zero-order valence-corrected chi connectivity index (χ0v) is 15.3. The minimum Gasteiger partial charge on any atom is -0.484 e. The smallest absolute Gasteiger partial charge is 0.257 e. The molecule has 0 unspecified atom stereocenters. The molecule has 3 nitrogen and oxygen atoms in total. The summed E-state index contributed by atoms with van der Waals surface area (Å²) in [7, 11) is 0. The lowest BCUT2D eigenvalue weighted by Gasteiger charge is -2.07. The van der Waals surface area contributed by atoms with E-state index in [1.165, 1.54) is 10.5 Å². The number of aryl methyl sites for hydroxylation is 1. The number of hydrogen-bond acceptors (Lipinski definition) is 3. The number of amides is 1. The molecular weight excluding hydrogens is 409 g/mol. The molecular formula is C17H18INO2S. The van der Waals surface area contributed by atoms with E-state index in [0.717, 1.165) is 9.32 Å². The summed E-state index contributed by atoms with van der Waals surface area (Å²) in [5.74, 6) is 1.46. The van der Waals surface area contributed by atoms with Crippen molar-refractivity contribution in [2.75, 3.05) is 18.9 Å². The molecule has 0 aliphatic rings. The van der Waals surface area contributed by atoms with Gasteiger partial charge in [0.25, 0.3) is 5.91 Å². The van der Waals surface area contributed by atoms with E-state index in [1.54, 1.807) is 11.8 Å². The average Bonchev–Trinajstić information content (AvgIpc) is 2.53. The van der Waals surface area contributed by atoms with Gasteiger partial charge < -0.3 is 10.1 Å². The Morgan fingerprint density at radius 1 is 1.14 bits per heavy atom. The van der Waals surface area contributed by atoms with Crippen molar-refractivity contribution in [1.29, 1.82) is 0 Å². The van der Waals surface area contributed by atoms with Crippen LogP contribution in [0.15, 0.2) is 53.4 Å². The van der Waals surface area contributed by atoms with E-state index in [1.807, 2.05) is 24.3 Å². The Labute approximate surface area is 149 Å². The first-order valence-corrected chi connectivity index (χ1v) is 9.04. The van der Waals surface area contributed by atoms with E-state index >= 15 is 0 Å². The third-order valence-corrected chi connectivity index (χ3v) is 4.63. The number of hydrogen-bond donors (Lipinski definition) is 1. The summed E-state index contributed by atoms with van der Waals surface area (Å²) >= 11 is 3.96. The lowest BCUT2D eigenvalue weighted by atomic mass is 10.2. The number of thioether (sulfide) groups is 1. The first-order valence-electron chi connectivity index (χ1n) is 6.98. The Morgan fingerprint density at radius 3 is 2.50 bits per heavy atom. The van der Waals surface area contributed by atoms with Crippen LogP contribution in [0.5, 0.6) is 5.75 Å². The Hall–Kier alpha value is -1.21. The van der Waals surface area contributed by atoms with Gasteiger partial charge in [0, 0.05) is 20.8 Å². The van der Waals surface area contributed by atoms with Crippen LogP contribution in [0.3, 0.4) is 0 Å². The Morgan fingerprint density at radius 2 is 1.82 bits per heavy atom. The molecule has 0 fully saturated rings. The Kier molecular flexibility index (Phi) is 7.05. The van der Waals surface area contributed by atoms with Gasteiger partial charge in [-0.15, -0.1) is 11.8 Å². The summed E-state index contributed by atoms with van der Waals surface area (Å²) in [6.07, 6.45) is 0. The van der Waals surface area contributed by atoms with E-state index in [2.05, 4.69) is 59.1 Å². The standard InChI is InChI=1S/C17H18INO2S/c1-13-2-8-16(9-3-13)22-11-10-19-17(20)12-21-15-6-4-14(18)5-7-15/h2-9H,10-12H2,1H3,(H,19,20). The highest BCUT2D eigenvalue weighted by Crippen LogP contribution is 2.17. The van der Waals surface area contributed by atoms with Crippen molar-refractivity contribution in [3.63, 3.8) is 0 Å². The van der Waals surface area contributed by atoms with Crippen molar-refractivity contribution in [3.05, 3.63) is 57.7 Å². The summed E-state index contributed by atoms with van der Waals surface area (Å²) in [6.45, 7) is 2.76. The van der Waals surface area contributed by atoms with Gasteiger partial charge in [0.15, 0.2) is 6.61 Å². The number of halogens is 1. The Balaban J connectivity index is 1.61. The highest BCUT2D eigenvalue weighted by atomic mass is 127. The highest BCUT2D eigenvalue weighted by molar-refractivity contribution is 14.1. The SMILES string of the molecule is Cc1ccc(SCCNC(=O)COc2ccc(I)cc2)cc1. The molecule has 5 heteroatoms. The third-order valence-electron chi connectivity index (χ3n) is 2.90. The van der Waals surface area contributed by atoms with Crippen LogP contribution in [0.1, 0.15) is 5.56 Å². The normalized spacial score (nSPS) is 10.3. The molecule has 0 aliphatic carbocycles. The largest absolute Gasteiger partial charge is 0.484 e. The molecule has 0 aliphatic heterocycles. The zero-order chi connectivity index (χ0) is 15.8. The summed E-state index contributed by atoms with van der Waals surface area (Å²) in [4.78, 5) is 12.9. The van der Waals surface area contributed by atoms with Crippen molar-refractivity contribution in [2.45, 2.75) is 11.8 Å². The number of ether oxygens (including phenoxy) is 1. The van der Waals surface area contributed by atoms with Crippen molar-refractivity contribution in [1.82, 2.24) is 5.32 Å². The van der Waals surface area contributed by atoms with Crippen LogP contribution < -0.4 is 10.1 Å². The number of nitrogens with one attached hydrogen (secondary N) is 1. The van der Waals surface area contributed by atoms with Gasteiger partial charge in [0.1, 0.15) is 5.75 Å². The summed E-state index contributed by atoms with van der Waals surface area (Å²) in [6, 6.07) is 16.0. The highest BCUT2D eigenvalue weighted by Gasteiger charge is 2.02. The van der Waals surface area contributed by atoms with Crippen molar-refractivity contribution in [3.8, 4) is 5.75 Å². The molecule has 2 rings (SSSR count). The number of carbonyl (C=O) groups is 1. The summed E-state index contributed by atoms with van der Waals surface area (Å²) in [5, 5.41) is 2.86. The molecule has 0 radical (unpaired) electrons. The van der Waals surface area contributed by atoms with Gasteiger partial charge in [-0.2, -0.15) is 0 Å². The maximum absolute atomic E-state index is 11.7. The average molecular weight is 427 g/mol. The first-order chi connectivity index (χ1) is 10.6. The fraction of sp³-hybridized carbons (Fsp3) is 0.235. The van der Waals surface area contributed by atoms with E-state index in [0.29, 0.717) is 12.3 Å². The van der Waals surface area contributed by atoms with E-state index in [-0.39, 0.29) is 12.5 Å². The zero-order valence-electron chi connectivity index (χ0n) is 12.3. The molecule has 0 atom stereocenters. The van der Waals surface area contributed by atoms with Gasteiger partial charge in [0.05, 0.1) is 0 Å². The predicted molar refractivity (Wildman–Crippen MR) is 99.6 cm³/mol. The number of benzene rings is 2. The van der Waals surface area contributed by atoms with Gasteiger partial charge in [0.2, 0.25) is 0 Å². The first kappa shape index (κ1) is 17.1. The van der Waals surface area contributed by atoms with Gasteiger partial charge in [-0.3, -0.25) is 4.79 Å². The van der Waals surface area contributed by atoms with Crippen molar-refractivity contribution < 1.29 is 9.53 Å². The fourth-order valence-corrected chi connectivity index (χ4v) is 2.85. The molecule has 1 amide bonds. The second-order valence-corrected chi connectivity index (χ2v) is 7.17. The predicted octanol–water partition coefficient (Wildman–Crippen LogP) is 3.89. The molecule has 22 heavy (non-hydrogen) atoms. The van der Waals surface area contributed by atoms with Crippen LogP contribution in [-0.4, -0.2) is 24.8 Å². The molecule has 0 saturated heterocycles. The second kappa shape index (κ2) is 9.05. The van der Waals surface area contributed by atoms with Crippen molar-refractivity contribution in [2.24, 2.45) is 0 Å². The number of carbonyl (C=O) groups excluding carboxylic acids is 1. The maximum Gasteiger partial charge on any atom is 0.257 e. The Bertz CT molecular complexity index is 599. The maximum atomic E-state index is 11.7. The van der Waals surface area contributed by atoms with Crippen molar-refractivity contribution >= 4 is 40.3 Å². The lowest BCUT2D eigenvalue weighted by Crippen LogP contribution is -2.30. The molecule has 0 spiro atoms. The molecule has 0 saturated carbocycles. The molecule has 116 valence electrons. The molecule has 0 heterocycles. The van der Waals surface area contributed by atoms with Gasteiger partial charge >= 0.3 is 0 Å². The second-order valence-electron chi connectivity index (χ2n) is 4.75. The van der Waals surface area contributed by atoms with Gasteiger partial charge in [-0.05, 0) is 65.9 Å².